The number of hydrogen-bond donors (Lipinski definition) is 4. The highest BCUT2D eigenvalue weighted by atomic mass is 16.5. The summed E-state index contributed by atoms with van der Waals surface area (Å²) in [6.07, 6.45) is -1.12. The van der Waals surface area contributed by atoms with Crippen LogP contribution in [-0.2, 0) is 4.79 Å². The van der Waals surface area contributed by atoms with Crippen molar-refractivity contribution in [3.8, 4) is 23.0 Å². The Kier molecular flexibility index (Phi) is 7.12. The minimum atomic E-state index is -1.12. The van der Waals surface area contributed by atoms with Gasteiger partial charge in [0, 0.05) is 17.7 Å². The lowest BCUT2D eigenvalue weighted by molar-refractivity contribution is -0.112. The third-order valence-electron chi connectivity index (χ3n) is 4.72. The van der Waals surface area contributed by atoms with Crippen LogP contribution in [0, 0.1) is 5.41 Å². The number of carbonyl (C=O) groups is 1. The van der Waals surface area contributed by atoms with Crippen molar-refractivity contribution in [2.75, 3.05) is 26.2 Å². The van der Waals surface area contributed by atoms with Gasteiger partial charge in [0.05, 0.1) is 27.0 Å². The number of rotatable bonds is 7. The van der Waals surface area contributed by atoms with Gasteiger partial charge in [-0.15, -0.1) is 0 Å². The number of nitrogens with zero attached hydrogens (tertiary/aromatic N) is 1. The first kappa shape index (κ1) is 22.8. The lowest BCUT2D eigenvalue weighted by Crippen LogP contribution is -2.45. The number of primary amides is 1. The van der Waals surface area contributed by atoms with E-state index in [1.807, 2.05) is 13.8 Å². The number of methoxy groups -OCH3 is 3. The average molecular weight is 416 g/mol. The van der Waals surface area contributed by atoms with Crippen LogP contribution in [0.2, 0.25) is 0 Å². The van der Waals surface area contributed by atoms with Crippen LogP contribution in [0.4, 0.5) is 5.69 Å². The Bertz CT molecular complexity index is 945. The number of phenols is 1. The number of hydrogen-bond acceptors (Lipinski definition) is 7. The van der Waals surface area contributed by atoms with Crippen LogP contribution in [0.15, 0.2) is 30.3 Å². The number of amidine groups is 1. The maximum atomic E-state index is 11.9. The van der Waals surface area contributed by atoms with Crippen LogP contribution >= 0.6 is 0 Å². The van der Waals surface area contributed by atoms with Gasteiger partial charge in [-0.2, -0.15) is 0 Å². The summed E-state index contributed by atoms with van der Waals surface area (Å²) in [5, 5.41) is 18.9. The van der Waals surface area contributed by atoms with Gasteiger partial charge in [-0.3, -0.25) is 15.1 Å². The second-order valence-electron chi connectivity index (χ2n) is 6.87. The molecule has 0 saturated carbocycles. The number of amides is 1. The lowest BCUT2D eigenvalue weighted by atomic mass is 9.97. The van der Waals surface area contributed by atoms with Crippen LogP contribution < -0.4 is 30.6 Å². The molecule has 0 fully saturated rings. The van der Waals surface area contributed by atoms with Gasteiger partial charge in [0.1, 0.15) is 29.2 Å². The molecule has 0 aliphatic carbocycles. The van der Waals surface area contributed by atoms with Gasteiger partial charge in [0.25, 0.3) is 5.91 Å². The number of nitrogens with one attached hydrogen (secondary N) is 1. The Hall–Kier alpha value is -3.46. The maximum Gasteiger partial charge on any atom is 0.284 e. The molecule has 0 radical (unpaired) electrons. The number of carbonyl (C=O) groups excluding carboxylic acids is 1. The molecule has 9 heteroatoms. The third-order valence-corrected chi connectivity index (χ3v) is 4.72. The zero-order valence-electron chi connectivity index (χ0n) is 17.7. The van der Waals surface area contributed by atoms with E-state index in [1.165, 1.54) is 32.3 Å². The summed E-state index contributed by atoms with van der Waals surface area (Å²) >= 11 is 0. The number of phenolic OH excluding ortho intramolecular Hbond substituents is 1. The second-order valence-corrected chi connectivity index (χ2v) is 6.87. The van der Waals surface area contributed by atoms with E-state index >= 15 is 0 Å². The highest BCUT2D eigenvalue weighted by molar-refractivity contribution is 6.41. The number of nitrogens with two attached hydrogens (primary N) is 2. The predicted octanol–water partition coefficient (Wildman–Crippen LogP) is 2.47. The standard InChI is InChI=1S/C21H28N4O5/c1-11(2)13-9-14(16(26)10-17(13)29-4)19(22)25(20(23)21(24)27)15-7-6-12(28-3)8-18(15)30-5/h6-11,19,23,26H,22H2,1-5H3,(H2,24,27). The third kappa shape index (κ3) is 4.41. The van der Waals surface area contributed by atoms with Crippen molar-refractivity contribution < 1.29 is 24.1 Å². The number of benzene rings is 2. The molecule has 0 spiro atoms. The number of anilines is 1. The van der Waals surface area contributed by atoms with Crippen molar-refractivity contribution in [1.82, 2.24) is 0 Å². The molecule has 0 saturated heterocycles. The van der Waals surface area contributed by atoms with E-state index in [2.05, 4.69) is 0 Å². The number of aromatic hydroxyl groups is 1. The molecule has 1 amide bonds. The summed E-state index contributed by atoms with van der Waals surface area (Å²) in [6.45, 7) is 3.94. The van der Waals surface area contributed by atoms with Crippen LogP contribution in [0.3, 0.4) is 0 Å². The first-order valence-corrected chi connectivity index (χ1v) is 9.22. The van der Waals surface area contributed by atoms with E-state index in [1.54, 1.807) is 24.3 Å². The topological polar surface area (TPSA) is 144 Å². The van der Waals surface area contributed by atoms with Gasteiger partial charge < -0.3 is 30.8 Å². The summed E-state index contributed by atoms with van der Waals surface area (Å²) in [7, 11) is 4.46. The Morgan fingerprint density at radius 2 is 1.67 bits per heavy atom. The van der Waals surface area contributed by atoms with Gasteiger partial charge in [-0.25, -0.2) is 0 Å². The highest BCUT2D eigenvalue weighted by Gasteiger charge is 2.30. The molecule has 0 heterocycles. The maximum absolute atomic E-state index is 11.9. The van der Waals surface area contributed by atoms with E-state index in [-0.39, 0.29) is 11.7 Å². The van der Waals surface area contributed by atoms with Crippen molar-refractivity contribution in [2.24, 2.45) is 11.5 Å². The van der Waals surface area contributed by atoms with E-state index in [0.717, 1.165) is 5.56 Å². The van der Waals surface area contributed by atoms with Gasteiger partial charge >= 0.3 is 0 Å². The Labute approximate surface area is 175 Å². The molecule has 0 aliphatic heterocycles. The molecule has 162 valence electrons. The zero-order valence-corrected chi connectivity index (χ0v) is 17.7. The molecule has 0 bridgehead atoms. The molecule has 0 aliphatic rings. The van der Waals surface area contributed by atoms with E-state index < -0.39 is 17.9 Å². The summed E-state index contributed by atoms with van der Waals surface area (Å²) in [6, 6.07) is 7.98. The fourth-order valence-electron chi connectivity index (χ4n) is 3.12. The first-order chi connectivity index (χ1) is 14.2. The van der Waals surface area contributed by atoms with Crippen LogP contribution in [0.1, 0.15) is 37.1 Å². The smallest absolute Gasteiger partial charge is 0.284 e. The summed E-state index contributed by atoms with van der Waals surface area (Å²) in [5.41, 5.74) is 13.3. The Morgan fingerprint density at radius 3 is 2.17 bits per heavy atom. The Balaban J connectivity index is 2.69. The van der Waals surface area contributed by atoms with Crippen molar-refractivity contribution in [3.05, 3.63) is 41.5 Å². The lowest BCUT2D eigenvalue weighted by Gasteiger charge is -2.32. The van der Waals surface area contributed by atoms with Gasteiger partial charge in [-0.1, -0.05) is 13.8 Å². The van der Waals surface area contributed by atoms with Crippen molar-refractivity contribution in [3.63, 3.8) is 0 Å². The van der Waals surface area contributed by atoms with Crippen molar-refractivity contribution in [1.29, 1.82) is 5.41 Å². The number of ether oxygens (including phenoxy) is 3. The fourth-order valence-corrected chi connectivity index (χ4v) is 3.12. The minimum Gasteiger partial charge on any atom is -0.507 e. The molecule has 6 N–H and O–H groups in total. The molecular formula is C21H28N4O5. The largest absolute Gasteiger partial charge is 0.507 e. The molecular weight excluding hydrogens is 388 g/mol. The first-order valence-electron chi connectivity index (χ1n) is 9.22. The Morgan fingerprint density at radius 1 is 1.03 bits per heavy atom. The molecule has 0 aromatic heterocycles. The monoisotopic (exact) mass is 416 g/mol. The average Bonchev–Trinajstić information content (AvgIpc) is 2.73. The van der Waals surface area contributed by atoms with Gasteiger partial charge in [-0.05, 0) is 29.7 Å². The molecule has 30 heavy (non-hydrogen) atoms. The van der Waals surface area contributed by atoms with Crippen LogP contribution in [-0.4, -0.2) is 38.2 Å². The molecule has 9 nitrogen and oxygen atoms in total. The SMILES string of the molecule is COc1ccc(N(C(=N)C(N)=O)C(N)c2cc(C(C)C)c(OC)cc2O)c(OC)c1. The van der Waals surface area contributed by atoms with Crippen molar-refractivity contribution >= 4 is 17.4 Å². The van der Waals surface area contributed by atoms with E-state index in [9.17, 15) is 9.90 Å². The molecule has 2 rings (SSSR count). The van der Waals surface area contributed by atoms with Gasteiger partial charge in [0.15, 0.2) is 5.84 Å². The molecule has 2 aromatic carbocycles. The molecule has 2 aromatic rings. The zero-order chi connectivity index (χ0) is 22.6. The highest BCUT2D eigenvalue weighted by Crippen LogP contribution is 2.40. The summed E-state index contributed by atoms with van der Waals surface area (Å²) < 4.78 is 16.0. The van der Waals surface area contributed by atoms with Crippen LogP contribution in [0.5, 0.6) is 23.0 Å². The minimum absolute atomic E-state index is 0.0751. The molecule has 1 atom stereocenters. The van der Waals surface area contributed by atoms with Gasteiger partial charge in [0.2, 0.25) is 0 Å². The predicted molar refractivity (Wildman–Crippen MR) is 115 cm³/mol. The second kappa shape index (κ2) is 9.36. The molecule has 1 unspecified atom stereocenters. The van der Waals surface area contributed by atoms with Crippen molar-refractivity contribution in [2.45, 2.75) is 25.9 Å². The van der Waals surface area contributed by atoms with Crippen LogP contribution in [0.25, 0.3) is 0 Å². The van der Waals surface area contributed by atoms with E-state index in [4.69, 9.17) is 31.1 Å². The summed E-state index contributed by atoms with van der Waals surface area (Å²) in [4.78, 5) is 13.1. The normalized spacial score (nSPS) is 11.7. The fraction of sp³-hybridized carbons (Fsp3) is 0.333. The summed E-state index contributed by atoms with van der Waals surface area (Å²) in [5.74, 6) is -0.272. The quantitative estimate of drug-likeness (QED) is 0.308. The van der Waals surface area contributed by atoms with E-state index in [0.29, 0.717) is 28.5 Å².